The zero-order valence-electron chi connectivity index (χ0n) is 8.54. The minimum atomic E-state index is -0.473. The summed E-state index contributed by atoms with van der Waals surface area (Å²) in [5, 5.41) is 13.8. The summed E-state index contributed by atoms with van der Waals surface area (Å²) < 4.78 is 4.43. The number of nitrogens with one attached hydrogen (secondary N) is 1. The van der Waals surface area contributed by atoms with Crippen molar-refractivity contribution in [3.8, 4) is 0 Å². The van der Waals surface area contributed by atoms with Gasteiger partial charge in [-0.1, -0.05) is 12.6 Å². The van der Waals surface area contributed by atoms with E-state index in [1.807, 2.05) is 0 Å². The van der Waals surface area contributed by atoms with E-state index in [-0.39, 0.29) is 5.69 Å². The Labute approximate surface area is 99.9 Å². The van der Waals surface area contributed by atoms with Gasteiger partial charge in [-0.3, -0.25) is 14.9 Å². The number of nitrogens with zero attached hydrogens (tertiary/aromatic N) is 2. The number of nitro groups is 1. The highest BCUT2D eigenvalue weighted by Gasteiger charge is 2.17. The minimum absolute atomic E-state index is 0.0147. The van der Waals surface area contributed by atoms with E-state index in [2.05, 4.69) is 16.3 Å². The summed E-state index contributed by atoms with van der Waals surface area (Å²) in [6.07, 6.45) is 1.11. The fourth-order valence-electron chi connectivity index (χ4n) is 1.35. The maximum Gasteiger partial charge on any atom is 0.288 e. The standard InChI is InChI=1S/C10H7N3O3S/c1-2-8(14)11-10-6-4-3-5-7(13(15)16)9(6)17-12-10/h2-5H,1H2,(H,11,12,14). The molecule has 1 aromatic carbocycles. The first-order chi connectivity index (χ1) is 8.13. The molecule has 0 spiro atoms. The van der Waals surface area contributed by atoms with Crippen molar-refractivity contribution in [1.29, 1.82) is 0 Å². The molecule has 86 valence electrons. The largest absolute Gasteiger partial charge is 0.306 e. The number of hydrogen-bond donors (Lipinski definition) is 1. The van der Waals surface area contributed by atoms with Crippen molar-refractivity contribution in [2.24, 2.45) is 0 Å². The van der Waals surface area contributed by atoms with E-state index in [4.69, 9.17) is 0 Å². The third-order valence-corrected chi connectivity index (χ3v) is 2.99. The van der Waals surface area contributed by atoms with E-state index < -0.39 is 10.8 Å². The molecular weight excluding hydrogens is 242 g/mol. The van der Waals surface area contributed by atoms with Gasteiger partial charge < -0.3 is 5.32 Å². The zero-order valence-corrected chi connectivity index (χ0v) is 9.36. The topological polar surface area (TPSA) is 85.1 Å². The van der Waals surface area contributed by atoms with Crippen molar-refractivity contribution in [2.75, 3.05) is 5.32 Å². The van der Waals surface area contributed by atoms with E-state index >= 15 is 0 Å². The molecule has 0 fully saturated rings. The summed E-state index contributed by atoms with van der Waals surface area (Å²) in [4.78, 5) is 21.5. The number of nitro benzene ring substituents is 1. The maximum absolute atomic E-state index is 11.1. The highest BCUT2D eigenvalue weighted by molar-refractivity contribution is 7.14. The van der Waals surface area contributed by atoms with Crippen LogP contribution < -0.4 is 5.32 Å². The lowest BCUT2D eigenvalue weighted by Gasteiger charge is -1.97. The molecule has 6 nitrogen and oxygen atoms in total. The number of amides is 1. The van der Waals surface area contributed by atoms with Gasteiger partial charge in [-0.15, -0.1) is 0 Å². The van der Waals surface area contributed by atoms with E-state index in [0.717, 1.165) is 17.6 Å². The third-order valence-electron chi connectivity index (χ3n) is 2.10. The number of non-ortho nitro benzene ring substituents is 1. The number of anilines is 1. The van der Waals surface area contributed by atoms with Crippen LogP contribution >= 0.6 is 11.5 Å². The predicted octanol–water partition coefficient (Wildman–Crippen LogP) is 2.33. The van der Waals surface area contributed by atoms with Crippen LogP contribution in [0.1, 0.15) is 0 Å². The molecule has 0 saturated carbocycles. The van der Waals surface area contributed by atoms with Gasteiger partial charge in [-0.25, -0.2) is 0 Å². The number of hydrogen-bond acceptors (Lipinski definition) is 5. The summed E-state index contributed by atoms with van der Waals surface area (Å²) in [5.74, 6) is -0.0812. The molecule has 2 rings (SSSR count). The average Bonchev–Trinajstić information content (AvgIpc) is 2.72. The first-order valence-electron chi connectivity index (χ1n) is 4.59. The molecule has 0 aliphatic carbocycles. The van der Waals surface area contributed by atoms with Gasteiger partial charge in [-0.05, 0) is 23.7 Å². The molecule has 7 heteroatoms. The van der Waals surface area contributed by atoms with Crippen LogP contribution in [0.2, 0.25) is 0 Å². The Bertz CT molecular complexity index is 620. The highest BCUT2D eigenvalue weighted by atomic mass is 32.1. The lowest BCUT2D eigenvalue weighted by Crippen LogP contribution is -2.07. The third kappa shape index (κ3) is 2.00. The van der Waals surface area contributed by atoms with E-state index in [1.54, 1.807) is 12.1 Å². The van der Waals surface area contributed by atoms with Gasteiger partial charge in [0, 0.05) is 11.5 Å². The molecule has 0 radical (unpaired) electrons. The summed E-state index contributed by atoms with van der Waals surface area (Å²) in [6.45, 7) is 3.32. The van der Waals surface area contributed by atoms with Gasteiger partial charge >= 0.3 is 0 Å². The van der Waals surface area contributed by atoms with E-state index in [0.29, 0.717) is 15.9 Å². The zero-order chi connectivity index (χ0) is 12.4. The van der Waals surface area contributed by atoms with Gasteiger partial charge in [-0.2, -0.15) is 4.37 Å². The first-order valence-corrected chi connectivity index (χ1v) is 5.37. The molecule has 0 aliphatic rings. The number of carbonyl (C=O) groups excluding carboxylic acids is 1. The number of fused-ring (bicyclic) bond motifs is 1. The molecule has 0 unspecified atom stereocenters. The Morgan fingerprint density at radius 2 is 2.35 bits per heavy atom. The second-order valence-electron chi connectivity index (χ2n) is 3.14. The van der Waals surface area contributed by atoms with Crippen LogP contribution in [0.25, 0.3) is 10.1 Å². The molecule has 1 N–H and O–H groups in total. The molecule has 1 aromatic heterocycles. The molecule has 0 saturated heterocycles. The highest BCUT2D eigenvalue weighted by Crippen LogP contribution is 2.33. The van der Waals surface area contributed by atoms with Crippen LogP contribution in [0.4, 0.5) is 11.5 Å². The number of carbonyl (C=O) groups is 1. The van der Waals surface area contributed by atoms with Gasteiger partial charge in [0.2, 0.25) is 5.91 Å². The van der Waals surface area contributed by atoms with Crippen LogP contribution in [-0.2, 0) is 4.79 Å². The second-order valence-corrected chi connectivity index (χ2v) is 3.91. The van der Waals surface area contributed by atoms with Crippen LogP contribution in [0.15, 0.2) is 30.9 Å². The van der Waals surface area contributed by atoms with Crippen molar-refractivity contribution in [2.45, 2.75) is 0 Å². The fourth-order valence-corrected chi connectivity index (χ4v) is 2.18. The summed E-state index contributed by atoms with van der Waals surface area (Å²) >= 11 is 0.981. The van der Waals surface area contributed by atoms with Gasteiger partial charge in [0.05, 0.1) is 4.92 Å². The van der Waals surface area contributed by atoms with E-state index in [9.17, 15) is 14.9 Å². The Balaban J connectivity index is 2.54. The normalized spacial score (nSPS) is 10.1. The van der Waals surface area contributed by atoms with Crippen molar-refractivity contribution in [3.05, 3.63) is 41.0 Å². The minimum Gasteiger partial charge on any atom is -0.306 e. The van der Waals surface area contributed by atoms with E-state index in [1.165, 1.54) is 6.07 Å². The average molecular weight is 249 g/mol. The molecule has 1 heterocycles. The van der Waals surface area contributed by atoms with Crippen LogP contribution in [0.3, 0.4) is 0 Å². The summed E-state index contributed by atoms with van der Waals surface area (Å²) in [5.41, 5.74) is -0.0147. The van der Waals surface area contributed by atoms with Gasteiger partial charge in [0.25, 0.3) is 5.69 Å². The van der Waals surface area contributed by atoms with Crippen LogP contribution in [0, 0.1) is 10.1 Å². The number of benzene rings is 1. The number of rotatable bonds is 3. The van der Waals surface area contributed by atoms with Crippen molar-refractivity contribution in [1.82, 2.24) is 4.37 Å². The Kier molecular flexibility index (Phi) is 2.84. The summed E-state index contributed by atoms with van der Waals surface area (Å²) in [6, 6.07) is 4.63. The predicted molar refractivity (Wildman–Crippen MR) is 65.1 cm³/mol. The quantitative estimate of drug-likeness (QED) is 0.514. The molecule has 0 atom stereocenters. The Morgan fingerprint density at radius 1 is 1.59 bits per heavy atom. The number of aromatic nitrogens is 1. The fraction of sp³-hybridized carbons (Fsp3) is 0. The maximum atomic E-state index is 11.1. The molecule has 0 bridgehead atoms. The lowest BCUT2D eigenvalue weighted by atomic mass is 10.2. The van der Waals surface area contributed by atoms with Crippen molar-refractivity contribution in [3.63, 3.8) is 0 Å². The summed E-state index contributed by atoms with van der Waals surface area (Å²) in [7, 11) is 0. The Morgan fingerprint density at radius 3 is 3.00 bits per heavy atom. The molecule has 2 aromatic rings. The second kappa shape index (κ2) is 4.30. The molecule has 0 aliphatic heterocycles. The van der Waals surface area contributed by atoms with Gasteiger partial charge in [0.15, 0.2) is 5.82 Å². The monoisotopic (exact) mass is 249 g/mol. The lowest BCUT2D eigenvalue weighted by molar-refractivity contribution is -0.382. The Hall–Kier alpha value is -2.28. The SMILES string of the molecule is C=CC(=O)Nc1nsc2c([N+](=O)[O-])cccc12. The molecule has 1 amide bonds. The van der Waals surface area contributed by atoms with Crippen LogP contribution in [-0.4, -0.2) is 15.2 Å². The first kappa shape index (κ1) is 11.2. The van der Waals surface area contributed by atoms with Crippen molar-refractivity contribution >= 4 is 39.0 Å². The van der Waals surface area contributed by atoms with Gasteiger partial charge in [0.1, 0.15) is 4.70 Å². The molecular formula is C10H7N3O3S. The van der Waals surface area contributed by atoms with Crippen molar-refractivity contribution < 1.29 is 9.72 Å². The smallest absolute Gasteiger partial charge is 0.288 e. The molecule has 17 heavy (non-hydrogen) atoms. The van der Waals surface area contributed by atoms with Crippen LogP contribution in [0.5, 0.6) is 0 Å².